The number of rotatable bonds is 5. The Labute approximate surface area is 274 Å². The first-order valence-electron chi connectivity index (χ1n) is 14.8. The van der Waals surface area contributed by atoms with E-state index in [-0.39, 0.29) is 47.6 Å². The topological polar surface area (TPSA) is 0 Å². The number of allylic oxidation sites excluding steroid dienone is 8. The summed E-state index contributed by atoms with van der Waals surface area (Å²) in [6.07, 6.45) is 18.3. The second-order valence-corrected chi connectivity index (χ2v) is 10.5. The van der Waals surface area contributed by atoms with E-state index >= 15 is 0 Å². The van der Waals surface area contributed by atoms with Crippen molar-refractivity contribution in [1.82, 2.24) is 0 Å². The number of fused-ring (bicyclic) bond motifs is 2. The number of aryl methyl sites for hydroxylation is 4. The summed E-state index contributed by atoms with van der Waals surface area (Å²) in [6.45, 7) is 17.2. The number of hydrogen-bond donors (Lipinski definition) is 0. The third-order valence-corrected chi connectivity index (χ3v) is 8.22. The first-order valence-corrected chi connectivity index (χ1v) is 14.8. The van der Waals surface area contributed by atoms with E-state index in [1.807, 2.05) is 27.7 Å². The van der Waals surface area contributed by atoms with Crippen molar-refractivity contribution in [2.45, 2.75) is 93.9 Å². The van der Waals surface area contributed by atoms with Gasteiger partial charge >= 0.3 is 32.7 Å². The average Bonchev–Trinajstić information content (AvgIpc) is 3.62. The third kappa shape index (κ3) is 9.19. The van der Waals surface area contributed by atoms with Crippen LogP contribution in [0.1, 0.15) is 102 Å². The van der Waals surface area contributed by atoms with Gasteiger partial charge in [0.2, 0.25) is 0 Å². The van der Waals surface area contributed by atoms with Gasteiger partial charge in [0, 0.05) is 0 Å². The van der Waals surface area contributed by atoms with Gasteiger partial charge in [0.1, 0.15) is 0 Å². The first kappa shape index (κ1) is 38.4. The smallest absolute Gasteiger partial charge is 0.358 e. The van der Waals surface area contributed by atoms with Gasteiger partial charge in [-0.25, -0.2) is 18.1 Å². The van der Waals surface area contributed by atoms with E-state index in [1.165, 1.54) is 27.8 Å². The third-order valence-electron chi connectivity index (χ3n) is 8.22. The Morgan fingerprint density at radius 1 is 0.600 bits per heavy atom. The average molecular weight is 613 g/mol. The van der Waals surface area contributed by atoms with Crippen LogP contribution < -0.4 is 0 Å². The molecule has 0 amide bonds. The number of benzene rings is 2. The monoisotopic (exact) mass is 612 g/mol. The van der Waals surface area contributed by atoms with E-state index < -0.39 is 0 Å². The van der Waals surface area contributed by atoms with Crippen LogP contribution in [0.4, 0.5) is 0 Å². The van der Waals surface area contributed by atoms with Crippen LogP contribution in [0.3, 0.4) is 0 Å². The second kappa shape index (κ2) is 18.7. The zero-order valence-corrected chi connectivity index (χ0v) is 30.2. The molecule has 1 atom stereocenters. The SMILES string of the molecule is CC.CC.C[CH-]C1=CC=C(c2ccc3c(c2)CCc2ccc(C4=CC=C(C(C)C(C)C)C4)cc2CC3)C1.[CH3-].[CH3-].[Y+3]. The minimum Gasteiger partial charge on any atom is -0.358 e. The van der Waals surface area contributed by atoms with Crippen LogP contribution in [0.25, 0.3) is 11.1 Å². The molecule has 0 aromatic heterocycles. The number of hydrogen-bond acceptors (Lipinski definition) is 0. The minimum atomic E-state index is 0. The summed E-state index contributed by atoms with van der Waals surface area (Å²) in [5.41, 5.74) is 15.0. The van der Waals surface area contributed by atoms with Crippen LogP contribution in [0.5, 0.6) is 0 Å². The zero-order chi connectivity index (χ0) is 26.9. The van der Waals surface area contributed by atoms with Crippen molar-refractivity contribution < 1.29 is 32.7 Å². The van der Waals surface area contributed by atoms with Gasteiger partial charge in [0.05, 0.1) is 0 Å². The molecule has 0 nitrogen and oxygen atoms in total. The van der Waals surface area contributed by atoms with E-state index in [0.717, 1.165) is 38.5 Å². The van der Waals surface area contributed by atoms with Crippen molar-refractivity contribution in [3.05, 3.63) is 127 Å². The van der Waals surface area contributed by atoms with Crippen LogP contribution in [-0.4, -0.2) is 0 Å². The molecule has 0 N–H and O–H groups in total. The molecule has 40 heavy (non-hydrogen) atoms. The van der Waals surface area contributed by atoms with Gasteiger partial charge in [-0.15, -0.1) is 13.0 Å². The summed E-state index contributed by atoms with van der Waals surface area (Å²) in [7, 11) is 0. The van der Waals surface area contributed by atoms with Crippen LogP contribution in [-0.2, 0) is 58.4 Å². The van der Waals surface area contributed by atoms with Crippen molar-refractivity contribution in [3.63, 3.8) is 0 Å². The summed E-state index contributed by atoms with van der Waals surface area (Å²) in [6, 6.07) is 14.5. The van der Waals surface area contributed by atoms with Crippen LogP contribution in [0.15, 0.2) is 71.8 Å². The van der Waals surface area contributed by atoms with Gasteiger partial charge in [0.25, 0.3) is 0 Å². The Morgan fingerprint density at radius 3 is 1.50 bits per heavy atom. The van der Waals surface area contributed by atoms with Crippen molar-refractivity contribution in [2.75, 3.05) is 0 Å². The normalized spacial score (nSPS) is 15.5. The van der Waals surface area contributed by atoms with Gasteiger partial charge < -0.3 is 14.9 Å². The fourth-order valence-electron chi connectivity index (χ4n) is 5.57. The Hall–Kier alpha value is -1.63. The molecular formula is C39H55Y. The summed E-state index contributed by atoms with van der Waals surface area (Å²) in [5, 5.41) is 0. The maximum Gasteiger partial charge on any atom is 3.00 e. The predicted octanol–water partition coefficient (Wildman–Crippen LogP) is 11.5. The van der Waals surface area contributed by atoms with E-state index in [4.69, 9.17) is 0 Å². The molecule has 0 saturated heterocycles. The molecule has 0 spiro atoms. The van der Waals surface area contributed by atoms with Crippen LogP contribution in [0, 0.1) is 33.1 Å². The molecule has 5 rings (SSSR count). The molecule has 0 fully saturated rings. The maximum absolute atomic E-state index is 2.50. The molecule has 0 heterocycles. The molecule has 1 unspecified atom stereocenters. The van der Waals surface area contributed by atoms with Crippen molar-refractivity contribution in [2.24, 2.45) is 11.8 Å². The molecule has 0 aliphatic heterocycles. The molecule has 2 aromatic rings. The van der Waals surface area contributed by atoms with Gasteiger partial charge in [-0.2, -0.15) is 0 Å². The quantitative estimate of drug-likeness (QED) is 0.295. The summed E-state index contributed by atoms with van der Waals surface area (Å²) >= 11 is 0. The summed E-state index contributed by atoms with van der Waals surface area (Å²) < 4.78 is 0. The van der Waals surface area contributed by atoms with Gasteiger partial charge in [-0.3, -0.25) is 0 Å². The van der Waals surface area contributed by atoms with E-state index in [0.29, 0.717) is 11.8 Å². The minimum absolute atomic E-state index is 0. The van der Waals surface area contributed by atoms with Crippen molar-refractivity contribution >= 4 is 11.1 Å². The molecule has 2 aromatic carbocycles. The van der Waals surface area contributed by atoms with E-state index in [9.17, 15) is 0 Å². The zero-order valence-electron chi connectivity index (χ0n) is 27.3. The van der Waals surface area contributed by atoms with E-state index in [2.05, 4.69) is 94.8 Å². The predicted molar refractivity (Wildman–Crippen MR) is 179 cm³/mol. The standard InChI is InChI=1S/C33H37.2C2H6.2CH3.Y/c1-5-24-6-7-28(18-24)32-15-10-25-9-14-30-21-33(16-11-26(30)8-13-29(25)20-32)31-17-12-27(19-31)23(4)22(2)3;2*1-2;;;/h5-7,10-12,15-17,20-23H,8-9,13-14,18-19H2,1-4H3;2*1-2H3;2*1H3;/q-1;;;2*-1;+3. The Bertz CT molecular complexity index is 1190. The molecule has 0 saturated carbocycles. The first-order chi connectivity index (χ1) is 18.0. The Kier molecular flexibility index (Phi) is 18.0. The van der Waals surface area contributed by atoms with Gasteiger partial charge in [-0.05, 0) is 89.3 Å². The maximum atomic E-state index is 2.50. The van der Waals surface area contributed by atoms with Gasteiger partial charge in [-0.1, -0.05) is 108 Å². The molecule has 3 aliphatic carbocycles. The molecule has 0 bridgehead atoms. The Morgan fingerprint density at radius 2 is 1.05 bits per heavy atom. The Balaban J connectivity index is 0.00000208. The van der Waals surface area contributed by atoms with E-state index in [1.54, 1.807) is 27.8 Å². The largest absolute Gasteiger partial charge is 3.00 e. The van der Waals surface area contributed by atoms with Crippen LogP contribution >= 0.6 is 0 Å². The van der Waals surface area contributed by atoms with Crippen LogP contribution in [0.2, 0.25) is 0 Å². The summed E-state index contributed by atoms with van der Waals surface area (Å²) in [5.74, 6) is 1.36. The summed E-state index contributed by atoms with van der Waals surface area (Å²) in [4.78, 5) is 0. The van der Waals surface area contributed by atoms with Gasteiger partial charge in [0.15, 0.2) is 0 Å². The van der Waals surface area contributed by atoms with Crippen molar-refractivity contribution in [1.29, 1.82) is 0 Å². The van der Waals surface area contributed by atoms with Crippen molar-refractivity contribution in [3.8, 4) is 0 Å². The second-order valence-electron chi connectivity index (χ2n) is 10.5. The fraction of sp³-hybridized carbons (Fsp3) is 0.410. The molecule has 214 valence electrons. The molecular weight excluding hydrogens is 557 g/mol. The molecule has 0 radical (unpaired) electrons. The molecule has 1 heteroatoms. The molecule has 3 aliphatic rings. The fourth-order valence-corrected chi connectivity index (χ4v) is 5.57.